The van der Waals surface area contributed by atoms with Gasteiger partial charge in [-0.15, -0.1) is 0 Å². The largest absolute Gasteiger partial charge is 0.507 e. The molecule has 0 aliphatic carbocycles. The Morgan fingerprint density at radius 2 is 1.56 bits per heavy atom. The third-order valence-corrected chi connectivity index (χ3v) is 3.52. The van der Waals surface area contributed by atoms with Crippen LogP contribution in [0.5, 0.6) is 11.5 Å². The number of phenols is 1. The second-order valence-corrected chi connectivity index (χ2v) is 4.57. The molecule has 0 bridgehead atoms. The Kier molecular flexibility index (Phi) is 3.28. The van der Waals surface area contributed by atoms with Gasteiger partial charge in [0.2, 0.25) is 0 Å². The Morgan fingerprint density at radius 1 is 0.944 bits per heavy atom. The molecule has 2 rings (SSSR count). The van der Waals surface area contributed by atoms with Crippen molar-refractivity contribution in [3.05, 3.63) is 47.0 Å². The highest BCUT2D eigenvalue weighted by molar-refractivity contribution is 5.75. The molecule has 0 saturated heterocycles. The smallest absolute Gasteiger partial charge is 0.123 e. The minimum Gasteiger partial charge on any atom is -0.507 e. The molecule has 2 heteroatoms. The van der Waals surface area contributed by atoms with Gasteiger partial charge in [-0.1, -0.05) is 12.1 Å². The first kappa shape index (κ1) is 12.5. The number of methoxy groups -OCH3 is 1. The molecule has 0 spiro atoms. The van der Waals surface area contributed by atoms with Crippen LogP contribution in [0.2, 0.25) is 0 Å². The molecular formula is C16H18O2. The van der Waals surface area contributed by atoms with Crippen LogP contribution >= 0.6 is 0 Å². The molecule has 0 heterocycles. The van der Waals surface area contributed by atoms with Crippen LogP contribution in [0.15, 0.2) is 30.3 Å². The van der Waals surface area contributed by atoms with E-state index in [9.17, 15) is 5.11 Å². The van der Waals surface area contributed by atoms with E-state index in [0.29, 0.717) is 5.75 Å². The van der Waals surface area contributed by atoms with E-state index in [4.69, 9.17) is 4.74 Å². The Morgan fingerprint density at radius 3 is 2.11 bits per heavy atom. The fourth-order valence-electron chi connectivity index (χ4n) is 2.18. The maximum Gasteiger partial charge on any atom is 0.123 e. The molecule has 0 saturated carbocycles. The van der Waals surface area contributed by atoms with Crippen molar-refractivity contribution in [3.8, 4) is 22.6 Å². The van der Waals surface area contributed by atoms with Gasteiger partial charge in [0.15, 0.2) is 0 Å². The molecule has 0 amide bonds. The van der Waals surface area contributed by atoms with Crippen LogP contribution < -0.4 is 4.74 Å². The molecule has 94 valence electrons. The van der Waals surface area contributed by atoms with Gasteiger partial charge < -0.3 is 9.84 Å². The zero-order valence-corrected chi connectivity index (χ0v) is 11.2. The van der Waals surface area contributed by atoms with Crippen molar-refractivity contribution in [2.75, 3.05) is 7.11 Å². The van der Waals surface area contributed by atoms with Gasteiger partial charge >= 0.3 is 0 Å². The second-order valence-electron chi connectivity index (χ2n) is 4.57. The van der Waals surface area contributed by atoms with Gasteiger partial charge in [-0.05, 0) is 61.2 Å². The van der Waals surface area contributed by atoms with Crippen molar-refractivity contribution in [2.45, 2.75) is 20.8 Å². The summed E-state index contributed by atoms with van der Waals surface area (Å²) in [5.74, 6) is 1.15. The van der Waals surface area contributed by atoms with E-state index in [-0.39, 0.29) is 0 Å². The van der Waals surface area contributed by atoms with E-state index in [1.54, 1.807) is 7.11 Å². The van der Waals surface area contributed by atoms with Gasteiger partial charge in [-0.2, -0.15) is 0 Å². The molecule has 0 aliphatic heterocycles. The summed E-state index contributed by atoms with van der Waals surface area (Å²) in [4.78, 5) is 0. The summed E-state index contributed by atoms with van der Waals surface area (Å²) in [5, 5.41) is 10.1. The van der Waals surface area contributed by atoms with Crippen molar-refractivity contribution >= 4 is 0 Å². The first-order valence-corrected chi connectivity index (χ1v) is 5.98. The number of phenolic OH excluding ortho intramolecular Hbond substituents is 1. The number of benzene rings is 2. The van der Waals surface area contributed by atoms with Crippen molar-refractivity contribution in [3.63, 3.8) is 0 Å². The van der Waals surface area contributed by atoms with E-state index >= 15 is 0 Å². The lowest BCUT2D eigenvalue weighted by atomic mass is 9.93. The molecule has 0 radical (unpaired) electrons. The van der Waals surface area contributed by atoms with Crippen molar-refractivity contribution < 1.29 is 9.84 Å². The lowest BCUT2D eigenvalue weighted by molar-refractivity contribution is 0.415. The summed E-state index contributed by atoms with van der Waals surface area (Å²) in [7, 11) is 1.65. The van der Waals surface area contributed by atoms with E-state index in [0.717, 1.165) is 28.0 Å². The van der Waals surface area contributed by atoms with Crippen LogP contribution in [-0.4, -0.2) is 12.2 Å². The summed E-state index contributed by atoms with van der Waals surface area (Å²) in [6.45, 7) is 6.14. The molecule has 0 aromatic heterocycles. The van der Waals surface area contributed by atoms with Crippen molar-refractivity contribution in [2.24, 2.45) is 0 Å². The highest BCUT2D eigenvalue weighted by atomic mass is 16.5. The monoisotopic (exact) mass is 242 g/mol. The Hall–Kier alpha value is -1.96. The minimum atomic E-state index is 0.334. The standard InChI is InChI=1S/C16H18O2/c1-10-9-15(17)16(12(3)11(10)2)13-5-7-14(18-4)8-6-13/h5-9,17H,1-4H3. The average Bonchev–Trinajstić information content (AvgIpc) is 2.37. The molecule has 0 fully saturated rings. The first-order chi connectivity index (χ1) is 8.54. The molecule has 1 N–H and O–H groups in total. The highest BCUT2D eigenvalue weighted by Gasteiger charge is 2.12. The predicted octanol–water partition coefficient (Wildman–Crippen LogP) is 3.99. The fraction of sp³-hybridized carbons (Fsp3) is 0.250. The zero-order valence-electron chi connectivity index (χ0n) is 11.2. The first-order valence-electron chi connectivity index (χ1n) is 5.98. The van der Waals surface area contributed by atoms with Crippen LogP contribution in [0.3, 0.4) is 0 Å². The third-order valence-electron chi connectivity index (χ3n) is 3.52. The van der Waals surface area contributed by atoms with Gasteiger partial charge in [0.05, 0.1) is 7.11 Å². The predicted molar refractivity (Wildman–Crippen MR) is 74.3 cm³/mol. The van der Waals surface area contributed by atoms with Crippen molar-refractivity contribution in [1.82, 2.24) is 0 Å². The van der Waals surface area contributed by atoms with Gasteiger partial charge in [0.1, 0.15) is 11.5 Å². The summed E-state index contributed by atoms with van der Waals surface area (Å²) >= 11 is 0. The average molecular weight is 242 g/mol. The Labute approximate surface area is 108 Å². The van der Waals surface area contributed by atoms with E-state index in [1.165, 1.54) is 5.56 Å². The van der Waals surface area contributed by atoms with E-state index in [1.807, 2.05) is 44.2 Å². The lowest BCUT2D eigenvalue weighted by Gasteiger charge is -2.14. The maximum absolute atomic E-state index is 10.1. The van der Waals surface area contributed by atoms with Gasteiger partial charge in [-0.3, -0.25) is 0 Å². The fourth-order valence-corrected chi connectivity index (χ4v) is 2.18. The lowest BCUT2D eigenvalue weighted by Crippen LogP contribution is -1.92. The Bertz CT molecular complexity index is 569. The van der Waals surface area contributed by atoms with Crippen LogP contribution in [0, 0.1) is 20.8 Å². The highest BCUT2D eigenvalue weighted by Crippen LogP contribution is 2.36. The second kappa shape index (κ2) is 4.73. The van der Waals surface area contributed by atoms with Crippen molar-refractivity contribution in [1.29, 1.82) is 0 Å². The van der Waals surface area contributed by atoms with E-state index < -0.39 is 0 Å². The summed E-state index contributed by atoms with van der Waals surface area (Å²) in [5.41, 5.74) is 5.37. The van der Waals surface area contributed by atoms with Gasteiger partial charge in [-0.25, -0.2) is 0 Å². The molecule has 0 aliphatic rings. The van der Waals surface area contributed by atoms with Crippen LogP contribution in [0.1, 0.15) is 16.7 Å². The normalized spacial score (nSPS) is 10.4. The molecule has 2 aromatic carbocycles. The minimum absolute atomic E-state index is 0.334. The van der Waals surface area contributed by atoms with Gasteiger partial charge in [0, 0.05) is 5.56 Å². The van der Waals surface area contributed by atoms with Crippen LogP contribution in [-0.2, 0) is 0 Å². The van der Waals surface area contributed by atoms with Crippen LogP contribution in [0.4, 0.5) is 0 Å². The third kappa shape index (κ3) is 2.06. The van der Waals surface area contributed by atoms with Crippen LogP contribution in [0.25, 0.3) is 11.1 Å². The number of hydrogen-bond acceptors (Lipinski definition) is 2. The van der Waals surface area contributed by atoms with Gasteiger partial charge in [0.25, 0.3) is 0 Å². The summed E-state index contributed by atoms with van der Waals surface area (Å²) in [6, 6.07) is 9.57. The molecular weight excluding hydrogens is 224 g/mol. The molecule has 2 aromatic rings. The molecule has 0 unspecified atom stereocenters. The zero-order chi connectivity index (χ0) is 13.3. The number of rotatable bonds is 2. The number of ether oxygens (including phenoxy) is 1. The Balaban J connectivity index is 2.59. The molecule has 18 heavy (non-hydrogen) atoms. The SMILES string of the molecule is COc1ccc(-c2c(O)cc(C)c(C)c2C)cc1. The molecule has 2 nitrogen and oxygen atoms in total. The summed E-state index contributed by atoms with van der Waals surface area (Å²) in [6.07, 6.45) is 0. The number of aromatic hydroxyl groups is 1. The van der Waals surface area contributed by atoms with E-state index in [2.05, 4.69) is 6.92 Å². The summed E-state index contributed by atoms with van der Waals surface area (Å²) < 4.78 is 5.15. The maximum atomic E-state index is 10.1. The number of hydrogen-bond donors (Lipinski definition) is 1. The topological polar surface area (TPSA) is 29.5 Å². The quantitative estimate of drug-likeness (QED) is 0.862. The number of aryl methyl sites for hydroxylation is 1. The molecule has 0 atom stereocenters.